The molecule has 0 spiro atoms. The van der Waals surface area contributed by atoms with Crippen LogP contribution in [0.3, 0.4) is 0 Å². The number of rotatable bonds is 5. The fourth-order valence-electron chi connectivity index (χ4n) is 2.97. The molecule has 3 aromatic rings. The number of fused-ring (bicyclic) bond motifs is 1. The van der Waals surface area contributed by atoms with E-state index in [1.165, 1.54) is 12.1 Å². The molecule has 0 bridgehead atoms. The number of amides is 2. The van der Waals surface area contributed by atoms with Gasteiger partial charge in [-0.1, -0.05) is 5.16 Å². The molecule has 3 heterocycles. The molecule has 1 aliphatic heterocycles. The number of carbonyl (C=O) groups excluding carboxylic acids is 2. The zero-order valence-corrected chi connectivity index (χ0v) is 16.7. The summed E-state index contributed by atoms with van der Waals surface area (Å²) < 4.78 is 31.1. The number of hydrazine groups is 1. The van der Waals surface area contributed by atoms with E-state index in [2.05, 4.69) is 26.0 Å². The highest BCUT2D eigenvalue weighted by molar-refractivity contribution is 7.90. The monoisotopic (exact) mass is 428 g/mol. The Morgan fingerprint density at radius 2 is 1.90 bits per heavy atom. The quantitative estimate of drug-likeness (QED) is 0.576. The summed E-state index contributed by atoms with van der Waals surface area (Å²) in [6.07, 6.45) is 3.15. The average molecular weight is 428 g/mol. The molecule has 0 saturated heterocycles. The third kappa shape index (κ3) is 3.26. The van der Waals surface area contributed by atoms with Gasteiger partial charge < -0.3 is 4.52 Å². The van der Waals surface area contributed by atoms with Crippen LogP contribution < -0.4 is 10.9 Å². The van der Waals surface area contributed by atoms with Crippen molar-refractivity contribution in [3.63, 3.8) is 0 Å². The number of anilines is 1. The van der Waals surface area contributed by atoms with Crippen LogP contribution in [0.1, 0.15) is 34.6 Å². The van der Waals surface area contributed by atoms with Crippen LogP contribution in [0.5, 0.6) is 0 Å². The molecular weight excluding hydrogens is 412 g/mol. The van der Waals surface area contributed by atoms with E-state index in [0.29, 0.717) is 11.4 Å². The number of nitrogens with zero attached hydrogens (tertiary/aromatic N) is 4. The van der Waals surface area contributed by atoms with Crippen molar-refractivity contribution in [3.8, 4) is 11.4 Å². The molecule has 0 saturated carbocycles. The van der Waals surface area contributed by atoms with E-state index >= 15 is 0 Å². The standard InChI is InChI=1S/C18H16N6O5S/c1-10(2)24-17(26)13-4-3-12(9-14(13)30(24,27)28)16(25)21-22-18-20-15(23-29-18)11-5-7-19-8-6-11/h3-10H,1-2H3,(H,21,25)(H,20,22,23). The number of hydrogen-bond acceptors (Lipinski definition) is 9. The Morgan fingerprint density at radius 3 is 2.60 bits per heavy atom. The smallest absolute Gasteiger partial charge is 0.313 e. The van der Waals surface area contributed by atoms with Crippen molar-refractivity contribution >= 4 is 27.9 Å². The van der Waals surface area contributed by atoms with E-state index in [1.54, 1.807) is 38.4 Å². The topological polar surface area (TPSA) is 147 Å². The highest BCUT2D eigenvalue weighted by Gasteiger charge is 2.42. The van der Waals surface area contributed by atoms with Crippen molar-refractivity contribution in [1.82, 2.24) is 24.9 Å². The number of carbonyl (C=O) groups is 2. The normalized spacial score (nSPS) is 14.6. The second-order valence-electron chi connectivity index (χ2n) is 6.65. The number of benzene rings is 1. The van der Waals surface area contributed by atoms with E-state index in [1.807, 2.05) is 0 Å². The van der Waals surface area contributed by atoms with Gasteiger partial charge in [0, 0.05) is 29.6 Å². The summed E-state index contributed by atoms with van der Waals surface area (Å²) in [7, 11) is -4.01. The van der Waals surface area contributed by atoms with Gasteiger partial charge in [0.2, 0.25) is 5.82 Å². The Kier molecular flexibility index (Phi) is 4.70. The van der Waals surface area contributed by atoms with Crippen LogP contribution in [-0.2, 0) is 10.0 Å². The lowest BCUT2D eigenvalue weighted by atomic mass is 10.1. The zero-order valence-electron chi connectivity index (χ0n) is 15.9. The zero-order chi connectivity index (χ0) is 21.5. The largest absolute Gasteiger partial charge is 0.340 e. The van der Waals surface area contributed by atoms with Gasteiger partial charge in [-0.05, 0) is 44.2 Å². The minimum Gasteiger partial charge on any atom is -0.313 e. The van der Waals surface area contributed by atoms with Gasteiger partial charge >= 0.3 is 6.01 Å². The third-order valence-corrected chi connectivity index (χ3v) is 6.33. The first-order valence-electron chi connectivity index (χ1n) is 8.82. The maximum absolute atomic E-state index is 12.6. The molecule has 1 aromatic carbocycles. The van der Waals surface area contributed by atoms with Crippen LogP contribution in [0.4, 0.5) is 6.01 Å². The lowest BCUT2D eigenvalue weighted by Gasteiger charge is -2.18. The van der Waals surface area contributed by atoms with Gasteiger partial charge in [0.05, 0.1) is 5.56 Å². The minimum atomic E-state index is -4.01. The fraction of sp³-hybridized carbons (Fsp3) is 0.167. The van der Waals surface area contributed by atoms with Crippen LogP contribution in [0.25, 0.3) is 11.4 Å². The Hall–Kier alpha value is -3.80. The Labute approximate surface area is 171 Å². The summed E-state index contributed by atoms with van der Waals surface area (Å²) in [5.74, 6) is -0.961. The van der Waals surface area contributed by atoms with Crippen molar-refractivity contribution in [1.29, 1.82) is 0 Å². The number of hydrogen-bond donors (Lipinski definition) is 2. The molecule has 1 aliphatic rings. The first-order chi connectivity index (χ1) is 14.3. The highest BCUT2D eigenvalue weighted by Crippen LogP contribution is 2.32. The second kappa shape index (κ2) is 7.22. The van der Waals surface area contributed by atoms with Crippen molar-refractivity contribution < 1.29 is 22.5 Å². The highest BCUT2D eigenvalue weighted by atomic mass is 32.2. The average Bonchev–Trinajstić information content (AvgIpc) is 3.27. The van der Waals surface area contributed by atoms with Crippen molar-refractivity contribution in [2.45, 2.75) is 24.8 Å². The number of aromatic nitrogens is 3. The molecule has 30 heavy (non-hydrogen) atoms. The Balaban J connectivity index is 1.50. The molecule has 0 fully saturated rings. The lowest BCUT2D eigenvalue weighted by molar-refractivity contribution is 0.0845. The predicted molar refractivity (Wildman–Crippen MR) is 104 cm³/mol. The third-order valence-electron chi connectivity index (χ3n) is 4.33. The predicted octanol–water partition coefficient (Wildman–Crippen LogP) is 1.44. The molecule has 0 radical (unpaired) electrons. The van der Waals surface area contributed by atoms with E-state index in [9.17, 15) is 18.0 Å². The van der Waals surface area contributed by atoms with Gasteiger partial charge in [-0.2, -0.15) is 4.98 Å². The molecule has 4 rings (SSSR count). The van der Waals surface area contributed by atoms with Crippen molar-refractivity contribution in [2.24, 2.45) is 0 Å². The van der Waals surface area contributed by atoms with Crippen molar-refractivity contribution in [2.75, 3.05) is 5.43 Å². The second-order valence-corrected chi connectivity index (χ2v) is 8.43. The Morgan fingerprint density at radius 1 is 1.17 bits per heavy atom. The maximum Gasteiger partial charge on any atom is 0.340 e. The molecule has 0 aliphatic carbocycles. The molecule has 0 unspecified atom stereocenters. The fourth-order valence-corrected chi connectivity index (χ4v) is 4.77. The van der Waals surface area contributed by atoms with Gasteiger partial charge in [0.1, 0.15) is 4.90 Å². The summed E-state index contributed by atoms with van der Waals surface area (Å²) in [6.45, 7) is 3.20. The van der Waals surface area contributed by atoms with Gasteiger partial charge in [0.15, 0.2) is 0 Å². The molecule has 11 nitrogen and oxygen atoms in total. The van der Waals surface area contributed by atoms with Gasteiger partial charge in [-0.15, -0.1) is 0 Å². The number of nitrogens with one attached hydrogen (secondary N) is 2. The Bertz CT molecular complexity index is 1240. The summed E-state index contributed by atoms with van der Waals surface area (Å²) in [4.78, 5) is 32.6. The van der Waals surface area contributed by atoms with E-state index in [-0.39, 0.29) is 22.0 Å². The molecular formula is C18H16N6O5S. The summed E-state index contributed by atoms with van der Waals surface area (Å²) in [5, 5.41) is 3.79. The summed E-state index contributed by atoms with van der Waals surface area (Å²) in [6, 6.07) is 6.63. The summed E-state index contributed by atoms with van der Waals surface area (Å²) in [5.41, 5.74) is 5.58. The van der Waals surface area contributed by atoms with Crippen molar-refractivity contribution in [3.05, 3.63) is 53.9 Å². The molecule has 12 heteroatoms. The maximum atomic E-state index is 12.6. The molecule has 2 aromatic heterocycles. The van der Waals surface area contributed by atoms with E-state index < -0.39 is 27.9 Å². The van der Waals surface area contributed by atoms with E-state index in [4.69, 9.17) is 4.52 Å². The van der Waals surface area contributed by atoms with Crippen LogP contribution in [0.15, 0.2) is 52.1 Å². The van der Waals surface area contributed by atoms with Gasteiger partial charge in [-0.3, -0.25) is 20.0 Å². The van der Waals surface area contributed by atoms with Crippen LogP contribution in [0.2, 0.25) is 0 Å². The first kappa shape index (κ1) is 19.5. The molecule has 2 amide bonds. The van der Waals surface area contributed by atoms with Gasteiger partial charge in [0.25, 0.3) is 21.8 Å². The first-order valence-corrected chi connectivity index (χ1v) is 10.3. The molecule has 2 N–H and O–H groups in total. The number of pyridine rings is 1. The molecule has 154 valence electrons. The van der Waals surface area contributed by atoms with Gasteiger partial charge in [-0.25, -0.2) is 18.1 Å². The van der Waals surface area contributed by atoms with E-state index in [0.717, 1.165) is 10.4 Å². The lowest BCUT2D eigenvalue weighted by Crippen LogP contribution is -2.36. The van der Waals surface area contributed by atoms with Crippen LogP contribution in [-0.4, -0.2) is 45.7 Å². The summed E-state index contributed by atoms with van der Waals surface area (Å²) >= 11 is 0. The SMILES string of the molecule is CC(C)N1C(=O)c2ccc(C(=O)NNc3nc(-c4ccncc4)no3)cc2S1(=O)=O. The molecule has 0 atom stereocenters. The van der Waals surface area contributed by atoms with Crippen LogP contribution in [0, 0.1) is 0 Å². The minimum absolute atomic E-state index is 0.0344. The van der Waals surface area contributed by atoms with Crippen LogP contribution >= 0.6 is 0 Å². The number of sulfonamides is 1.